The van der Waals surface area contributed by atoms with Crippen LogP contribution in [0.4, 0.5) is 5.82 Å². The molecule has 0 aliphatic heterocycles. The summed E-state index contributed by atoms with van der Waals surface area (Å²) in [6.07, 6.45) is 8.84. The van der Waals surface area contributed by atoms with Gasteiger partial charge in [-0.2, -0.15) is 5.10 Å². The van der Waals surface area contributed by atoms with Crippen molar-refractivity contribution >= 4 is 11.5 Å². The average molecular weight is 323 g/mol. The summed E-state index contributed by atoms with van der Waals surface area (Å²) in [5.74, 6) is 0.848. The molecule has 6 heteroatoms. The second-order valence-electron chi connectivity index (χ2n) is 6.50. The molecule has 124 valence electrons. The fourth-order valence-electron chi connectivity index (χ4n) is 3.31. The van der Waals surface area contributed by atoms with Gasteiger partial charge in [0.25, 0.3) is 0 Å². The summed E-state index contributed by atoms with van der Waals surface area (Å²) in [6.45, 7) is 2.02. The van der Waals surface area contributed by atoms with Crippen molar-refractivity contribution in [2.75, 3.05) is 5.32 Å². The van der Waals surface area contributed by atoms with Crippen molar-refractivity contribution in [2.24, 2.45) is 0 Å². The average Bonchev–Trinajstić information content (AvgIpc) is 2.94. The molecule has 0 saturated heterocycles. The van der Waals surface area contributed by atoms with Gasteiger partial charge in [0.2, 0.25) is 0 Å². The standard InChI is InChI=1S/C18H21N5O/c1-12-10-16-22-18(21-14-2-4-15(24)5-3-14)17(23(16)20-11-12)13-6-8-19-9-7-13/h6-11,14-15,21,24H,2-5H2,1H3. The van der Waals surface area contributed by atoms with Crippen LogP contribution in [0.1, 0.15) is 31.2 Å². The first-order chi connectivity index (χ1) is 11.7. The maximum atomic E-state index is 9.71. The summed E-state index contributed by atoms with van der Waals surface area (Å²) in [4.78, 5) is 8.87. The third-order valence-electron chi connectivity index (χ3n) is 4.60. The molecule has 0 radical (unpaired) electrons. The molecule has 0 aromatic carbocycles. The number of fused-ring (bicyclic) bond motifs is 1. The number of aryl methyl sites for hydroxylation is 1. The number of anilines is 1. The van der Waals surface area contributed by atoms with Gasteiger partial charge in [-0.3, -0.25) is 4.98 Å². The summed E-state index contributed by atoms with van der Waals surface area (Å²) in [5, 5.41) is 17.8. The van der Waals surface area contributed by atoms with E-state index in [4.69, 9.17) is 4.98 Å². The van der Waals surface area contributed by atoms with Gasteiger partial charge >= 0.3 is 0 Å². The summed E-state index contributed by atoms with van der Waals surface area (Å²) < 4.78 is 1.88. The number of imidazole rings is 1. The fourth-order valence-corrected chi connectivity index (χ4v) is 3.31. The molecule has 24 heavy (non-hydrogen) atoms. The van der Waals surface area contributed by atoms with E-state index in [1.165, 1.54) is 0 Å². The van der Waals surface area contributed by atoms with E-state index < -0.39 is 0 Å². The molecular weight excluding hydrogens is 302 g/mol. The summed E-state index contributed by atoms with van der Waals surface area (Å²) >= 11 is 0. The first-order valence-corrected chi connectivity index (χ1v) is 8.41. The minimum absolute atomic E-state index is 0.159. The Morgan fingerprint density at radius 3 is 2.67 bits per heavy atom. The highest BCUT2D eigenvalue weighted by atomic mass is 16.3. The zero-order valence-electron chi connectivity index (χ0n) is 13.7. The second kappa shape index (κ2) is 6.20. The monoisotopic (exact) mass is 323 g/mol. The number of pyridine rings is 1. The number of hydrogen-bond donors (Lipinski definition) is 2. The molecule has 1 aliphatic rings. The summed E-state index contributed by atoms with van der Waals surface area (Å²) in [5.41, 5.74) is 3.91. The minimum atomic E-state index is -0.159. The van der Waals surface area contributed by atoms with Crippen molar-refractivity contribution in [3.8, 4) is 11.3 Å². The van der Waals surface area contributed by atoms with E-state index in [0.29, 0.717) is 6.04 Å². The van der Waals surface area contributed by atoms with E-state index in [2.05, 4.69) is 15.4 Å². The van der Waals surface area contributed by atoms with Crippen LogP contribution in [0.2, 0.25) is 0 Å². The summed E-state index contributed by atoms with van der Waals surface area (Å²) in [7, 11) is 0. The van der Waals surface area contributed by atoms with Crippen LogP contribution in [-0.2, 0) is 0 Å². The number of rotatable bonds is 3. The first-order valence-electron chi connectivity index (χ1n) is 8.41. The Balaban J connectivity index is 1.76. The smallest absolute Gasteiger partial charge is 0.157 e. The van der Waals surface area contributed by atoms with E-state index >= 15 is 0 Å². The van der Waals surface area contributed by atoms with Crippen molar-refractivity contribution < 1.29 is 5.11 Å². The quantitative estimate of drug-likeness (QED) is 0.775. The minimum Gasteiger partial charge on any atom is -0.393 e. The highest BCUT2D eigenvalue weighted by Gasteiger charge is 2.22. The Morgan fingerprint density at radius 1 is 1.17 bits per heavy atom. The predicted octanol–water partition coefficient (Wildman–Crippen LogP) is 2.82. The van der Waals surface area contributed by atoms with Crippen LogP contribution in [0.15, 0.2) is 36.8 Å². The van der Waals surface area contributed by atoms with Gasteiger partial charge in [0, 0.05) is 24.0 Å². The Hall–Kier alpha value is -2.47. The first kappa shape index (κ1) is 15.1. The molecule has 0 bridgehead atoms. The van der Waals surface area contributed by atoms with Gasteiger partial charge in [0.05, 0.1) is 12.3 Å². The van der Waals surface area contributed by atoms with Gasteiger partial charge in [0.1, 0.15) is 5.69 Å². The number of aromatic nitrogens is 4. The van der Waals surface area contributed by atoms with Gasteiger partial charge in [0.15, 0.2) is 11.5 Å². The van der Waals surface area contributed by atoms with Crippen LogP contribution in [0, 0.1) is 6.92 Å². The maximum Gasteiger partial charge on any atom is 0.157 e. The Morgan fingerprint density at radius 2 is 1.92 bits per heavy atom. The third-order valence-corrected chi connectivity index (χ3v) is 4.60. The molecule has 6 nitrogen and oxygen atoms in total. The maximum absolute atomic E-state index is 9.71. The third kappa shape index (κ3) is 2.85. The van der Waals surface area contributed by atoms with Crippen LogP contribution in [0.25, 0.3) is 16.9 Å². The molecule has 1 aliphatic carbocycles. The zero-order valence-corrected chi connectivity index (χ0v) is 13.7. The van der Waals surface area contributed by atoms with Crippen molar-refractivity contribution in [2.45, 2.75) is 44.8 Å². The number of aliphatic hydroxyl groups excluding tert-OH is 1. The molecule has 4 rings (SSSR count). The number of hydrogen-bond acceptors (Lipinski definition) is 5. The number of nitrogens with one attached hydrogen (secondary N) is 1. The Labute approximate surface area is 140 Å². The van der Waals surface area contributed by atoms with E-state index in [-0.39, 0.29) is 6.10 Å². The second-order valence-corrected chi connectivity index (χ2v) is 6.50. The molecule has 1 fully saturated rings. The topological polar surface area (TPSA) is 75.3 Å². The Bertz CT molecular complexity index is 837. The van der Waals surface area contributed by atoms with Gasteiger partial charge in [-0.15, -0.1) is 0 Å². The van der Waals surface area contributed by atoms with Gasteiger partial charge in [-0.25, -0.2) is 9.50 Å². The van der Waals surface area contributed by atoms with Crippen LogP contribution in [-0.4, -0.2) is 36.8 Å². The largest absolute Gasteiger partial charge is 0.393 e. The lowest BCUT2D eigenvalue weighted by atomic mass is 9.93. The van der Waals surface area contributed by atoms with Crippen molar-refractivity contribution in [3.63, 3.8) is 0 Å². The molecule has 0 spiro atoms. The zero-order chi connectivity index (χ0) is 16.5. The lowest BCUT2D eigenvalue weighted by Crippen LogP contribution is -2.28. The summed E-state index contributed by atoms with van der Waals surface area (Å²) in [6, 6.07) is 6.31. The predicted molar refractivity (Wildman–Crippen MR) is 92.8 cm³/mol. The lowest BCUT2D eigenvalue weighted by Gasteiger charge is -2.26. The molecule has 0 atom stereocenters. The normalized spacial score (nSPS) is 21.1. The molecule has 3 heterocycles. The van der Waals surface area contributed by atoms with Crippen LogP contribution in [0.5, 0.6) is 0 Å². The molecule has 2 N–H and O–H groups in total. The van der Waals surface area contributed by atoms with Gasteiger partial charge < -0.3 is 10.4 Å². The van der Waals surface area contributed by atoms with Crippen LogP contribution < -0.4 is 5.32 Å². The highest BCUT2D eigenvalue weighted by molar-refractivity contribution is 5.76. The molecular formula is C18H21N5O. The Kier molecular flexibility index (Phi) is 3.90. The highest BCUT2D eigenvalue weighted by Crippen LogP contribution is 2.30. The van der Waals surface area contributed by atoms with E-state index in [0.717, 1.165) is 54.0 Å². The molecule has 0 amide bonds. The molecule has 0 unspecified atom stereocenters. The van der Waals surface area contributed by atoms with Crippen LogP contribution >= 0.6 is 0 Å². The van der Waals surface area contributed by atoms with E-state index in [9.17, 15) is 5.11 Å². The number of aliphatic hydroxyl groups is 1. The van der Waals surface area contributed by atoms with Gasteiger partial charge in [-0.05, 0) is 56.4 Å². The molecule has 1 saturated carbocycles. The SMILES string of the molecule is Cc1cnn2c(-c3ccncc3)c(NC3CCC(O)CC3)nc2c1. The van der Waals surface area contributed by atoms with Crippen molar-refractivity contribution in [1.82, 2.24) is 19.6 Å². The molecule has 3 aromatic rings. The van der Waals surface area contributed by atoms with E-state index in [1.54, 1.807) is 12.4 Å². The molecule has 3 aromatic heterocycles. The lowest BCUT2D eigenvalue weighted by molar-refractivity contribution is 0.126. The van der Waals surface area contributed by atoms with Crippen molar-refractivity contribution in [1.29, 1.82) is 0 Å². The van der Waals surface area contributed by atoms with Gasteiger partial charge in [-0.1, -0.05) is 0 Å². The van der Waals surface area contributed by atoms with Crippen molar-refractivity contribution in [3.05, 3.63) is 42.4 Å². The fraction of sp³-hybridized carbons (Fsp3) is 0.389. The van der Waals surface area contributed by atoms with Crippen LogP contribution in [0.3, 0.4) is 0 Å². The number of nitrogens with zero attached hydrogens (tertiary/aromatic N) is 4. The van der Waals surface area contributed by atoms with E-state index in [1.807, 2.05) is 35.8 Å².